The van der Waals surface area contributed by atoms with Crippen molar-refractivity contribution < 1.29 is 14.6 Å². The van der Waals surface area contributed by atoms with E-state index in [4.69, 9.17) is 4.74 Å². The van der Waals surface area contributed by atoms with E-state index in [0.717, 1.165) is 25.8 Å². The first-order valence-electron chi connectivity index (χ1n) is 5.55. The topological polar surface area (TPSA) is 49.8 Å². The highest BCUT2D eigenvalue weighted by Crippen LogP contribution is 2.29. The van der Waals surface area contributed by atoms with Crippen molar-refractivity contribution in [2.45, 2.75) is 44.7 Å². The number of methoxy groups -OCH3 is 1. The summed E-state index contributed by atoms with van der Waals surface area (Å²) in [6, 6.07) is 0.390. The highest BCUT2D eigenvalue weighted by atomic mass is 16.5. The summed E-state index contributed by atoms with van der Waals surface area (Å²) in [6.07, 6.45) is 3.20. The number of likely N-dealkylation sites (tertiary alicyclic amines) is 1. The van der Waals surface area contributed by atoms with Crippen LogP contribution in [0.15, 0.2) is 0 Å². The van der Waals surface area contributed by atoms with Crippen molar-refractivity contribution >= 4 is 5.97 Å². The molecule has 4 nitrogen and oxygen atoms in total. The zero-order valence-corrected chi connectivity index (χ0v) is 9.82. The molecular weight excluding hydrogens is 194 g/mol. The van der Waals surface area contributed by atoms with Crippen molar-refractivity contribution in [2.24, 2.45) is 0 Å². The number of nitrogens with zero attached hydrogens (tertiary/aromatic N) is 1. The Bertz CT molecular complexity index is 232. The number of carboxylic acids is 1. The average molecular weight is 215 g/mol. The average Bonchev–Trinajstić information content (AvgIpc) is 2.65. The van der Waals surface area contributed by atoms with Crippen LogP contribution in [0, 0.1) is 0 Å². The van der Waals surface area contributed by atoms with Gasteiger partial charge in [-0.05, 0) is 32.7 Å². The second-order valence-corrected chi connectivity index (χ2v) is 4.41. The summed E-state index contributed by atoms with van der Waals surface area (Å²) >= 11 is 0. The van der Waals surface area contributed by atoms with Crippen molar-refractivity contribution in [3.05, 3.63) is 0 Å². The second-order valence-electron chi connectivity index (χ2n) is 4.41. The summed E-state index contributed by atoms with van der Waals surface area (Å²) in [7, 11) is 1.55. The van der Waals surface area contributed by atoms with E-state index in [9.17, 15) is 9.90 Å². The predicted octanol–water partition coefficient (Wildman–Crippen LogP) is 1.35. The molecule has 0 radical (unpaired) electrons. The molecule has 88 valence electrons. The Kier molecular flexibility index (Phi) is 4.11. The minimum atomic E-state index is -0.869. The van der Waals surface area contributed by atoms with Crippen LogP contribution in [0.5, 0.6) is 0 Å². The molecule has 2 atom stereocenters. The van der Waals surface area contributed by atoms with Crippen LogP contribution in [0.3, 0.4) is 0 Å². The Morgan fingerprint density at radius 3 is 2.80 bits per heavy atom. The Morgan fingerprint density at radius 1 is 1.67 bits per heavy atom. The summed E-state index contributed by atoms with van der Waals surface area (Å²) in [6.45, 7) is 4.98. The highest BCUT2D eigenvalue weighted by molar-refractivity contribution is 5.78. The summed E-state index contributed by atoms with van der Waals surface area (Å²) in [5.41, 5.74) is -0.869. The van der Waals surface area contributed by atoms with Crippen LogP contribution in [0.25, 0.3) is 0 Å². The van der Waals surface area contributed by atoms with Gasteiger partial charge in [0, 0.05) is 13.2 Å². The molecule has 0 bridgehead atoms. The predicted molar refractivity (Wildman–Crippen MR) is 57.9 cm³/mol. The zero-order valence-electron chi connectivity index (χ0n) is 9.82. The second kappa shape index (κ2) is 4.94. The van der Waals surface area contributed by atoms with Crippen LogP contribution < -0.4 is 0 Å². The monoisotopic (exact) mass is 215 g/mol. The molecule has 0 aromatic heterocycles. The number of hydrogen-bond donors (Lipinski definition) is 1. The number of rotatable bonds is 5. The molecule has 1 rings (SSSR count). The summed E-state index contributed by atoms with van der Waals surface area (Å²) in [5.74, 6) is -0.787. The SMILES string of the molecule is CCC1CCCN1C(C)(COC)C(=O)O. The lowest BCUT2D eigenvalue weighted by Crippen LogP contribution is -2.57. The molecule has 0 amide bonds. The first kappa shape index (κ1) is 12.5. The molecule has 1 heterocycles. The van der Waals surface area contributed by atoms with Crippen LogP contribution in [0.1, 0.15) is 33.1 Å². The van der Waals surface area contributed by atoms with Crippen molar-refractivity contribution in [2.75, 3.05) is 20.3 Å². The molecule has 4 heteroatoms. The largest absolute Gasteiger partial charge is 0.480 e. The molecule has 1 N–H and O–H groups in total. The zero-order chi connectivity index (χ0) is 11.5. The smallest absolute Gasteiger partial charge is 0.326 e. The van der Waals surface area contributed by atoms with Gasteiger partial charge in [-0.15, -0.1) is 0 Å². The van der Waals surface area contributed by atoms with E-state index in [0.29, 0.717) is 6.04 Å². The first-order chi connectivity index (χ1) is 7.06. The van der Waals surface area contributed by atoms with E-state index < -0.39 is 11.5 Å². The first-order valence-corrected chi connectivity index (χ1v) is 5.55. The van der Waals surface area contributed by atoms with Crippen LogP contribution in [0.2, 0.25) is 0 Å². The van der Waals surface area contributed by atoms with E-state index in [1.165, 1.54) is 0 Å². The molecule has 1 fully saturated rings. The number of ether oxygens (including phenoxy) is 1. The molecule has 1 aliphatic heterocycles. The molecule has 15 heavy (non-hydrogen) atoms. The molecule has 0 saturated carbocycles. The fourth-order valence-corrected chi connectivity index (χ4v) is 2.46. The lowest BCUT2D eigenvalue weighted by atomic mass is 9.99. The van der Waals surface area contributed by atoms with Gasteiger partial charge in [-0.25, -0.2) is 0 Å². The van der Waals surface area contributed by atoms with Crippen LogP contribution >= 0.6 is 0 Å². The molecule has 0 spiro atoms. The van der Waals surface area contributed by atoms with Crippen LogP contribution in [-0.4, -0.2) is 47.8 Å². The molecule has 1 saturated heterocycles. The standard InChI is InChI=1S/C11H21NO3/c1-4-9-6-5-7-12(9)11(2,8-15-3)10(13)14/h9H,4-8H2,1-3H3,(H,13,14). The molecule has 0 aromatic carbocycles. The van der Waals surface area contributed by atoms with E-state index in [2.05, 4.69) is 11.8 Å². The van der Waals surface area contributed by atoms with Gasteiger partial charge in [-0.1, -0.05) is 6.92 Å². The minimum absolute atomic E-state index is 0.249. The lowest BCUT2D eigenvalue weighted by Gasteiger charge is -2.38. The fraction of sp³-hybridized carbons (Fsp3) is 0.909. The molecule has 0 aliphatic carbocycles. The van der Waals surface area contributed by atoms with Crippen LogP contribution in [0.4, 0.5) is 0 Å². The van der Waals surface area contributed by atoms with Gasteiger partial charge in [0.05, 0.1) is 6.61 Å². The third-order valence-electron chi connectivity index (χ3n) is 3.37. The molecular formula is C11H21NO3. The maximum Gasteiger partial charge on any atom is 0.326 e. The Labute approximate surface area is 91.2 Å². The number of hydrogen-bond acceptors (Lipinski definition) is 3. The third-order valence-corrected chi connectivity index (χ3v) is 3.37. The van der Waals surface area contributed by atoms with E-state index in [1.54, 1.807) is 14.0 Å². The van der Waals surface area contributed by atoms with Crippen molar-refractivity contribution in [3.63, 3.8) is 0 Å². The van der Waals surface area contributed by atoms with Gasteiger partial charge in [0.25, 0.3) is 0 Å². The summed E-state index contributed by atoms with van der Waals surface area (Å²) in [5, 5.41) is 9.32. The van der Waals surface area contributed by atoms with Gasteiger partial charge in [0.1, 0.15) is 5.54 Å². The Balaban J connectivity index is 2.83. The maximum absolute atomic E-state index is 11.3. The Morgan fingerprint density at radius 2 is 2.33 bits per heavy atom. The lowest BCUT2D eigenvalue weighted by molar-refractivity contribution is -0.155. The normalized spacial score (nSPS) is 26.5. The highest BCUT2D eigenvalue weighted by Gasteiger charge is 2.44. The molecule has 0 aromatic rings. The number of carboxylic acid groups (broad SMARTS) is 1. The van der Waals surface area contributed by atoms with Gasteiger partial charge in [-0.3, -0.25) is 9.69 Å². The van der Waals surface area contributed by atoms with E-state index >= 15 is 0 Å². The molecule has 1 aliphatic rings. The summed E-state index contributed by atoms with van der Waals surface area (Å²) in [4.78, 5) is 13.4. The fourth-order valence-electron chi connectivity index (χ4n) is 2.46. The van der Waals surface area contributed by atoms with E-state index in [1.807, 2.05) is 0 Å². The maximum atomic E-state index is 11.3. The van der Waals surface area contributed by atoms with Gasteiger partial charge in [0.15, 0.2) is 0 Å². The van der Waals surface area contributed by atoms with Gasteiger partial charge < -0.3 is 9.84 Å². The molecule has 2 unspecified atom stereocenters. The van der Waals surface area contributed by atoms with Gasteiger partial charge >= 0.3 is 5.97 Å². The van der Waals surface area contributed by atoms with Crippen LogP contribution in [-0.2, 0) is 9.53 Å². The number of carbonyl (C=O) groups is 1. The third kappa shape index (κ3) is 2.32. The Hall–Kier alpha value is -0.610. The van der Waals surface area contributed by atoms with Crippen molar-refractivity contribution in [3.8, 4) is 0 Å². The minimum Gasteiger partial charge on any atom is -0.480 e. The number of aliphatic carboxylic acids is 1. The van der Waals surface area contributed by atoms with Gasteiger partial charge in [-0.2, -0.15) is 0 Å². The van der Waals surface area contributed by atoms with E-state index in [-0.39, 0.29) is 6.61 Å². The van der Waals surface area contributed by atoms with Crippen molar-refractivity contribution in [1.82, 2.24) is 4.90 Å². The van der Waals surface area contributed by atoms with Gasteiger partial charge in [0.2, 0.25) is 0 Å². The quantitative estimate of drug-likeness (QED) is 0.752. The summed E-state index contributed by atoms with van der Waals surface area (Å²) < 4.78 is 5.05. The van der Waals surface area contributed by atoms with Crippen molar-refractivity contribution in [1.29, 1.82) is 0 Å².